The van der Waals surface area contributed by atoms with E-state index in [0.29, 0.717) is 11.1 Å². The van der Waals surface area contributed by atoms with Crippen molar-refractivity contribution in [1.29, 1.82) is 0 Å². The van der Waals surface area contributed by atoms with Crippen LogP contribution in [0.4, 0.5) is 0 Å². The number of rotatable bonds is 2. The fourth-order valence-corrected chi connectivity index (χ4v) is 3.88. The Morgan fingerprint density at radius 1 is 0.750 bits per heavy atom. The van der Waals surface area contributed by atoms with Crippen LogP contribution < -0.4 is 0 Å². The number of halogens is 2. The standard InChI is InChI=1S/C20H20Cl2O6/c21-19(13-7-3-1-4-8-13)25-11-15(23)18-17(24)16(12-26-19)27-20(22,28-18)14-9-5-2-6-10-14/h1-10,15-18,23-24H,11-12H2/t15-,16+,17+,18+,19?,20?/m0/s1. The summed E-state index contributed by atoms with van der Waals surface area (Å²) in [6.07, 6.45) is -4.37. The summed E-state index contributed by atoms with van der Waals surface area (Å²) >= 11 is 13.2. The van der Waals surface area contributed by atoms with Crippen molar-refractivity contribution in [3.63, 3.8) is 0 Å². The van der Waals surface area contributed by atoms with Gasteiger partial charge in [0.1, 0.15) is 24.4 Å². The molecule has 2 aliphatic heterocycles. The summed E-state index contributed by atoms with van der Waals surface area (Å²) in [4.78, 5) is 0. The first-order valence-electron chi connectivity index (χ1n) is 8.90. The van der Waals surface area contributed by atoms with Gasteiger partial charge in [-0.15, -0.1) is 0 Å². The molecule has 0 spiro atoms. The molecular formula is C20H20Cl2O6. The molecule has 2 unspecified atom stereocenters. The number of hydrogen-bond donors (Lipinski definition) is 2. The first-order valence-corrected chi connectivity index (χ1v) is 9.65. The Balaban J connectivity index is 1.65. The molecule has 6 atom stereocenters. The number of benzene rings is 2. The average molecular weight is 427 g/mol. The molecule has 4 rings (SSSR count). The molecule has 2 aromatic rings. The molecule has 2 saturated heterocycles. The topological polar surface area (TPSA) is 77.4 Å². The van der Waals surface area contributed by atoms with E-state index in [4.69, 9.17) is 42.1 Å². The van der Waals surface area contributed by atoms with Gasteiger partial charge in [-0.3, -0.25) is 0 Å². The molecule has 2 N–H and O–H groups in total. The fraction of sp³-hybridized carbons (Fsp3) is 0.400. The SMILES string of the molecule is O[C@H]1[C@@H]2OC(Cl)(c3ccccc3)O[C@@H]1COC(Cl)(c1ccccc1)OC[C@@H]2O. The molecule has 150 valence electrons. The van der Waals surface area contributed by atoms with Gasteiger partial charge in [0.05, 0.1) is 13.2 Å². The zero-order valence-corrected chi connectivity index (χ0v) is 16.3. The van der Waals surface area contributed by atoms with E-state index in [0.717, 1.165) is 0 Å². The average Bonchev–Trinajstić information content (AvgIpc) is 2.75. The number of fused-ring (bicyclic) bond motifs is 2. The Hall–Kier alpha value is -1.22. The molecule has 0 radical (unpaired) electrons. The lowest BCUT2D eigenvalue weighted by Crippen LogP contribution is -2.58. The van der Waals surface area contributed by atoms with Gasteiger partial charge in [0.2, 0.25) is 0 Å². The van der Waals surface area contributed by atoms with Crippen LogP contribution in [0.2, 0.25) is 0 Å². The predicted molar refractivity (Wildman–Crippen MR) is 102 cm³/mol. The zero-order valence-electron chi connectivity index (χ0n) is 14.8. The molecule has 0 amide bonds. The second kappa shape index (κ2) is 7.89. The van der Waals surface area contributed by atoms with E-state index in [1.54, 1.807) is 48.5 Å². The lowest BCUT2D eigenvalue weighted by molar-refractivity contribution is -0.333. The van der Waals surface area contributed by atoms with Crippen LogP contribution in [0.5, 0.6) is 0 Å². The van der Waals surface area contributed by atoms with Crippen molar-refractivity contribution in [3.05, 3.63) is 71.8 Å². The highest BCUT2D eigenvalue weighted by molar-refractivity contribution is 6.22. The summed E-state index contributed by atoms with van der Waals surface area (Å²) in [7, 11) is 0. The summed E-state index contributed by atoms with van der Waals surface area (Å²) in [6.45, 7) is -0.373. The van der Waals surface area contributed by atoms with Crippen molar-refractivity contribution in [3.8, 4) is 0 Å². The monoisotopic (exact) mass is 426 g/mol. The third-order valence-electron chi connectivity index (χ3n) is 4.80. The van der Waals surface area contributed by atoms with E-state index in [1.165, 1.54) is 0 Å². The molecule has 2 fully saturated rings. The second-order valence-electron chi connectivity index (χ2n) is 6.72. The number of hydrogen-bond acceptors (Lipinski definition) is 6. The Morgan fingerprint density at radius 2 is 1.29 bits per heavy atom. The first-order chi connectivity index (χ1) is 13.4. The third kappa shape index (κ3) is 3.79. The van der Waals surface area contributed by atoms with E-state index >= 15 is 0 Å². The van der Waals surface area contributed by atoms with Crippen LogP contribution in [0, 0.1) is 0 Å². The van der Waals surface area contributed by atoms with Gasteiger partial charge in [-0.2, -0.15) is 0 Å². The van der Waals surface area contributed by atoms with Crippen LogP contribution in [0.3, 0.4) is 0 Å². The Bertz CT molecular complexity index is 794. The Kier molecular flexibility index (Phi) is 5.66. The highest BCUT2D eigenvalue weighted by Gasteiger charge is 2.52. The maximum atomic E-state index is 10.7. The number of aliphatic hydroxyl groups is 2. The van der Waals surface area contributed by atoms with Crippen LogP contribution in [0.15, 0.2) is 60.7 Å². The van der Waals surface area contributed by atoms with Gasteiger partial charge < -0.3 is 29.2 Å². The summed E-state index contributed by atoms with van der Waals surface area (Å²) < 4.78 is 23.1. The Morgan fingerprint density at radius 3 is 1.89 bits per heavy atom. The van der Waals surface area contributed by atoms with Crippen LogP contribution in [0.1, 0.15) is 11.1 Å². The van der Waals surface area contributed by atoms with Crippen LogP contribution in [-0.2, 0) is 29.4 Å². The molecule has 2 aliphatic rings. The maximum absolute atomic E-state index is 10.7. The van der Waals surface area contributed by atoms with E-state index in [9.17, 15) is 10.2 Å². The lowest BCUT2D eigenvalue weighted by atomic mass is 10.0. The van der Waals surface area contributed by atoms with Crippen LogP contribution >= 0.6 is 23.2 Å². The lowest BCUT2D eigenvalue weighted by Gasteiger charge is -2.44. The van der Waals surface area contributed by atoms with Crippen molar-refractivity contribution < 1.29 is 29.2 Å². The molecule has 8 heteroatoms. The van der Waals surface area contributed by atoms with Gasteiger partial charge in [-0.25, -0.2) is 0 Å². The Labute approximate surface area is 172 Å². The van der Waals surface area contributed by atoms with E-state index in [-0.39, 0.29) is 13.2 Å². The first kappa shape index (κ1) is 20.1. The van der Waals surface area contributed by atoms with Gasteiger partial charge in [0.15, 0.2) is 0 Å². The predicted octanol–water partition coefficient (Wildman–Crippen LogP) is 2.64. The van der Waals surface area contributed by atoms with Gasteiger partial charge in [0, 0.05) is 11.1 Å². The van der Waals surface area contributed by atoms with Crippen molar-refractivity contribution in [2.75, 3.05) is 13.2 Å². The molecule has 2 bridgehead atoms. The minimum absolute atomic E-state index is 0.132. The minimum Gasteiger partial charge on any atom is -0.388 e. The van der Waals surface area contributed by atoms with E-state index in [2.05, 4.69) is 0 Å². The van der Waals surface area contributed by atoms with Gasteiger partial charge in [0.25, 0.3) is 10.5 Å². The molecule has 0 aliphatic carbocycles. The van der Waals surface area contributed by atoms with E-state index < -0.39 is 34.9 Å². The van der Waals surface area contributed by atoms with Crippen molar-refractivity contribution >= 4 is 23.2 Å². The molecule has 0 aromatic heterocycles. The van der Waals surface area contributed by atoms with Crippen molar-refractivity contribution in [2.45, 2.75) is 34.9 Å². The minimum atomic E-state index is -1.69. The smallest absolute Gasteiger partial charge is 0.277 e. The van der Waals surface area contributed by atoms with Gasteiger partial charge in [-0.05, 0) is 0 Å². The van der Waals surface area contributed by atoms with Crippen LogP contribution in [0.25, 0.3) is 0 Å². The summed E-state index contributed by atoms with van der Waals surface area (Å²) in [5.41, 5.74) is 1.09. The number of ether oxygens (including phenoxy) is 4. The molecule has 0 saturated carbocycles. The normalized spacial score (nSPS) is 38.9. The summed E-state index contributed by atoms with van der Waals surface area (Å²) in [6, 6.07) is 17.8. The molecule has 6 nitrogen and oxygen atoms in total. The van der Waals surface area contributed by atoms with Crippen LogP contribution in [-0.4, -0.2) is 47.8 Å². The molecule has 28 heavy (non-hydrogen) atoms. The largest absolute Gasteiger partial charge is 0.388 e. The van der Waals surface area contributed by atoms with E-state index in [1.807, 2.05) is 12.1 Å². The van der Waals surface area contributed by atoms with Crippen molar-refractivity contribution in [2.24, 2.45) is 0 Å². The molecular weight excluding hydrogens is 407 g/mol. The van der Waals surface area contributed by atoms with Crippen molar-refractivity contribution in [1.82, 2.24) is 0 Å². The van der Waals surface area contributed by atoms with Gasteiger partial charge >= 0.3 is 0 Å². The maximum Gasteiger partial charge on any atom is 0.277 e. The summed E-state index contributed by atoms with van der Waals surface area (Å²) in [5.74, 6) is 0. The fourth-order valence-electron chi connectivity index (χ4n) is 3.28. The number of alkyl halides is 2. The second-order valence-corrected chi connectivity index (χ2v) is 7.72. The highest BCUT2D eigenvalue weighted by atomic mass is 35.5. The number of aliphatic hydroxyl groups excluding tert-OH is 2. The quantitative estimate of drug-likeness (QED) is 0.718. The van der Waals surface area contributed by atoms with Gasteiger partial charge in [-0.1, -0.05) is 83.9 Å². The molecule has 2 aromatic carbocycles. The summed E-state index contributed by atoms with van der Waals surface area (Å²) in [5, 5.41) is 18.0. The third-order valence-corrected chi connectivity index (χ3v) is 5.63. The highest BCUT2D eigenvalue weighted by Crippen LogP contribution is 2.43. The zero-order chi connectivity index (χ0) is 19.8. The molecule has 2 heterocycles.